The predicted octanol–water partition coefficient (Wildman–Crippen LogP) is 0.916. The second-order valence-corrected chi connectivity index (χ2v) is 3.51. The Morgan fingerprint density at radius 1 is 1.33 bits per heavy atom. The molecule has 5 nitrogen and oxygen atoms in total. The third-order valence-corrected chi connectivity index (χ3v) is 1.73. The number of rotatable bonds is 0. The predicted molar refractivity (Wildman–Crippen MR) is 58.0 cm³/mol. The largest absolute Gasteiger partial charge is 0.441 e. The molecule has 0 bridgehead atoms. The first-order valence-electron chi connectivity index (χ1n) is 4.22. The van der Waals surface area contributed by atoms with Gasteiger partial charge in [-0.15, -0.1) is 0 Å². The average molecular weight is 228 g/mol. The molecule has 0 atom stereocenters. The molecule has 82 valence electrons. The average Bonchev–Trinajstić information content (AvgIpc) is 2.46. The lowest BCUT2D eigenvalue weighted by Crippen LogP contribution is -1.85. The zero-order valence-corrected chi connectivity index (χ0v) is 9.32. The monoisotopic (exact) mass is 228 g/mol. The first-order valence-corrected chi connectivity index (χ1v) is 5.47. The van der Waals surface area contributed by atoms with Crippen LogP contribution in [0.2, 0.25) is 0 Å². The van der Waals surface area contributed by atoms with E-state index in [0.717, 1.165) is 17.0 Å². The van der Waals surface area contributed by atoms with Gasteiger partial charge in [-0.05, 0) is 18.6 Å². The highest BCUT2D eigenvalue weighted by Crippen LogP contribution is 2.17. The van der Waals surface area contributed by atoms with Gasteiger partial charge in [-0.2, -0.15) is 0 Å². The van der Waals surface area contributed by atoms with Gasteiger partial charge in [-0.25, -0.2) is 18.5 Å². The summed E-state index contributed by atoms with van der Waals surface area (Å²) >= 11 is 0. The molecule has 0 unspecified atom stereocenters. The van der Waals surface area contributed by atoms with E-state index in [9.17, 15) is 0 Å². The Labute approximate surface area is 89.0 Å². The van der Waals surface area contributed by atoms with Crippen molar-refractivity contribution in [3.8, 4) is 0 Å². The Hall–Kier alpha value is -1.40. The van der Waals surface area contributed by atoms with Gasteiger partial charge in [0, 0.05) is 6.92 Å². The molecule has 0 radical (unpaired) electrons. The van der Waals surface area contributed by atoms with Crippen LogP contribution in [0, 0.1) is 13.8 Å². The fourth-order valence-corrected chi connectivity index (χ4v) is 1.20. The first-order chi connectivity index (χ1) is 7.00. The van der Waals surface area contributed by atoms with Gasteiger partial charge < -0.3 is 4.42 Å². The number of aromatic nitrogens is 1. The quantitative estimate of drug-likeness (QED) is 0.656. The number of benzene rings is 1. The van der Waals surface area contributed by atoms with Crippen LogP contribution in [0.3, 0.4) is 0 Å². The van der Waals surface area contributed by atoms with Crippen LogP contribution in [-0.2, 0) is 10.9 Å². The molecular weight excluding hydrogens is 216 g/mol. The van der Waals surface area contributed by atoms with Gasteiger partial charge in [0.1, 0.15) is 5.52 Å². The third kappa shape index (κ3) is 3.34. The molecule has 0 spiro atoms. The van der Waals surface area contributed by atoms with E-state index in [-0.39, 0.29) is 0 Å². The van der Waals surface area contributed by atoms with E-state index >= 15 is 0 Å². The molecule has 2 aromatic rings. The zero-order valence-electron chi connectivity index (χ0n) is 8.43. The van der Waals surface area contributed by atoms with Gasteiger partial charge in [0.25, 0.3) is 0 Å². The molecule has 1 heterocycles. The van der Waals surface area contributed by atoms with Crippen molar-refractivity contribution in [1.82, 2.24) is 4.98 Å². The second-order valence-electron chi connectivity index (χ2n) is 2.94. The summed E-state index contributed by atoms with van der Waals surface area (Å²) in [5.41, 5.74) is 3.02. The lowest BCUT2D eigenvalue weighted by atomic mass is 10.2. The number of thiol groups is 1. The summed E-state index contributed by atoms with van der Waals surface area (Å²) < 4.78 is 23.0. The van der Waals surface area contributed by atoms with Gasteiger partial charge >= 0.3 is 0 Å². The highest BCUT2D eigenvalue weighted by molar-refractivity contribution is 7.69. The van der Waals surface area contributed by atoms with Crippen molar-refractivity contribution < 1.29 is 12.8 Å². The minimum atomic E-state index is -2.62. The number of hydrogen-bond donors (Lipinski definition) is 2. The molecule has 2 rings (SSSR count). The molecule has 0 aliphatic rings. The standard InChI is InChI=1S/C9H9NO.H3NO2S/c1-6-4-3-5-8-9(6)10-7(2)11-8;1-4(2)3/h3-5H,1-2H3;4H,(H2,1,2,3). The van der Waals surface area contributed by atoms with Crippen LogP contribution >= 0.6 is 0 Å². The fourth-order valence-electron chi connectivity index (χ4n) is 1.20. The molecule has 1 aromatic heterocycles. The number of aryl methyl sites for hydroxylation is 2. The van der Waals surface area contributed by atoms with Crippen molar-refractivity contribution in [2.75, 3.05) is 0 Å². The van der Waals surface area contributed by atoms with E-state index in [1.54, 1.807) is 0 Å². The summed E-state index contributed by atoms with van der Waals surface area (Å²) in [6, 6.07) is 5.94. The van der Waals surface area contributed by atoms with Gasteiger partial charge in [-0.3, -0.25) is 0 Å². The molecule has 0 aliphatic heterocycles. The minimum Gasteiger partial charge on any atom is -0.441 e. The van der Waals surface area contributed by atoms with Gasteiger partial charge in [-0.1, -0.05) is 12.1 Å². The first kappa shape index (κ1) is 11.7. The highest BCUT2D eigenvalue weighted by Gasteiger charge is 2.02. The molecule has 1 aromatic carbocycles. The van der Waals surface area contributed by atoms with E-state index in [1.165, 1.54) is 5.56 Å². The van der Waals surface area contributed by atoms with Crippen molar-refractivity contribution >= 4 is 22.0 Å². The molecule has 0 saturated heterocycles. The Kier molecular flexibility index (Phi) is 3.81. The minimum absolute atomic E-state index is 0.731. The number of para-hydroxylation sites is 1. The van der Waals surface area contributed by atoms with E-state index in [2.05, 4.69) is 10.1 Å². The number of fused-ring (bicyclic) bond motifs is 1. The number of oxazole rings is 1. The zero-order chi connectivity index (χ0) is 11.4. The fraction of sp³-hybridized carbons (Fsp3) is 0.222. The molecule has 0 amide bonds. The number of hydrogen-bond acceptors (Lipinski definition) is 4. The summed E-state index contributed by atoms with van der Waals surface area (Å²) in [6.07, 6.45) is 0. The third-order valence-electron chi connectivity index (χ3n) is 1.73. The summed E-state index contributed by atoms with van der Waals surface area (Å²) in [5, 5.41) is 4.06. The Balaban J connectivity index is 0.000000245. The molecular formula is C9H12N2O3S. The van der Waals surface area contributed by atoms with E-state index in [0.29, 0.717) is 0 Å². The van der Waals surface area contributed by atoms with Gasteiger partial charge in [0.2, 0.25) is 0 Å². The summed E-state index contributed by atoms with van der Waals surface area (Å²) in [4.78, 5) is 4.25. The smallest absolute Gasteiger partial charge is 0.198 e. The normalized spacial score (nSPS) is 10.1. The molecule has 6 heteroatoms. The molecule has 2 N–H and O–H groups in total. The van der Waals surface area contributed by atoms with Crippen molar-refractivity contribution in [3.05, 3.63) is 29.7 Å². The maximum atomic E-state index is 8.81. The van der Waals surface area contributed by atoms with Crippen molar-refractivity contribution in [3.63, 3.8) is 0 Å². The van der Waals surface area contributed by atoms with Crippen LogP contribution in [-0.4, -0.2) is 13.4 Å². The highest BCUT2D eigenvalue weighted by atomic mass is 32.2. The van der Waals surface area contributed by atoms with Crippen molar-refractivity contribution in [1.29, 1.82) is 0 Å². The maximum absolute atomic E-state index is 8.81. The summed E-state index contributed by atoms with van der Waals surface area (Å²) in [6.45, 7) is 3.89. The topological polar surface area (TPSA) is 86.2 Å². The molecule has 0 fully saturated rings. The number of nitrogens with two attached hydrogens (primary N) is 1. The SMILES string of the molecule is Cc1nc2c(C)cccc2o1.N[SH](=O)=O. The van der Waals surface area contributed by atoms with Gasteiger partial charge in [0.15, 0.2) is 22.4 Å². The summed E-state index contributed by atoms with van der Waals surface area (Å²) in [7, 11) is -2.62. The lowest BCUT2D eigenvalue weighted by Gasteiger charge is -1.88. The van der Waals surface area contributed by atoms with Crippen LogP contribution < -0.4 is 5.14 Å². The summed E-state index contributed by atoms with van der Waals surface area (Å²) in [5.74, 6) is 0.731. The molecule has 0 aliphatic carbocycles. The molecule has 15 heavy (non-hydrogen) atoms. The van der Waals surface area contributed by atoms with Crippen LogP contribution in [0.15, 0.2) is 22.6 Å². The van der Waals surface area contributed by atoms with Gasteiger partial charge in [0.05, 0.1) is 0 Å². The Morgan fingerprint density at radius 2 is 1.93 bits per heavy atom. The van der Waals surface area contributed by atoms with E-state index in [4.69, 9.17) is 12.8 Å². The lowest BCUT2D eigenvalue weighted by molar-refractivity contribution is 0.561. The number of nitrogens with zero attached hydrogens (tertiary/aromatic N) is 1. The van der Waals surface area contributed by atoms with Crippen molar-refractivity contribution in [2.45, 2.75) is 13.8 Å². The van der Waals surface area contributed by atoms with E-state index in [1.807, 2.05) is 32.0 Å². The van der Waals surface area contributed by atoms with Crippen LogP contribution in [0.25, 0.3) is 11.1 Å². The van der Waals surface area contributed by atoms with Crippen LogP contribution in [0.4, 0.5) is 0 Å². The van der Waals surface area contributed by atoms with Crippen LogP contribution in [0.5, 0.6) is 0 Å². The van der Waals surface area contributed by atoms with Crippen LogP contribution in [0.1, 0.15) is 11.5 Å². The maximum Gasteiger partial charge on any atom is 0.198 e. The Morgan fingerprint density at radius 3 is 2.47 bits per heavy atom. The second kappa shape index (κ2) is 4.90. The van der Waals surface area contributed by atoms with Crippen molar-refractivity contribution in [2.24, 2.45) is 5.14 Å². The Bertz CT molecular complexity index is 523. The molecule has 0 saturated carbocycles. The van der Waals surface area contributed by atoms with E-state index < -0.39 is 10.9 Å².